The van der Waals surface area contributed by atoms with Crippen LogP contribution < -0.4 is 10.1 Å². The average Bonchev–Trinajstić information content (AvgIpc) is 2.30. The van der Waals surface area contributed by atoms with Crippen molar-refractivity contribution in [3.05, 3.63) is 15.9 Å². The summed E-state index contributed by atoms with van der Waals surface area (Å²) in [5.41, 5.74) is -0.272. The molecule has 14 heavy (non-hydrogen) atoms. The summed E-state index contributed by atoms with van der Waals surface area (Å²) in [6.45, 7) is 5.70. The first kappa shape index (κ1) is 11.5. The zero-order valence-electron chi connectivity index (χ0n) is 8.26. The molecule has 1 rings (SSSR count). The molecule has 1 aromatic heterocycles. The summed E-state index contributed by atoms with van der Waals surface area (Å²) >= 11 is 4.66. The fourth-order valence-electron chi connectivity index (χ4n) is 0.772. The van der Waals surface area contributed by atoms with E-state index in [4.69, 9.17) is 4.74 Å². The summed E-state index contributed by atoms with van der Waals surface area (Å²) in [5, 5.41) is 5.15. The minimum absolute atomic E-state index is 0.272. The van der Waals surface area contributed by atoms with Crippen LogP contribution in [0, 0.1) is 0 Å². The van der Waals surface area contributed by atoms with Crippen LogP contribution in [-0.2, 0) is 0 Å². The summed E-state index contributed by atoms with van der Waals surface area (Å²) < 4.78 is 5.97. The summed E-state index contributed by atoms with van der Waals surface area (Å²) in [6, 6.07) is 1.76. The molecule has 0 aromatic carbocycles. The van der Waals surface area contributed by atoms with E-state index in [-0.39, 0.29) is 5.54 Å². The van der Waals surface area contributed by atoms with Gasteiger partial charge in [0.05, 0.1) is 0 Å². The smallest absolute Gasteiger partial charge is 0.399 e. The number of carbonyl (C=O) groups excluding carboxylic acids is 1. The van der Waals surface area contributed by atoms with E-state index in [1.807, 2.05) is 26.2 Å². The van der Waals surface area contributed by atoms with Crippen LogP contribution in [0.15, 0.2) is 15.9 Å². The van der Waals surface area contributed by atoms with Gasteiger partial charge in [0.2, 0.25) is 0 Å². The Bertz CT molecular complexity index is 330. The van der Waals surface area contributed by atoms with E-state index in [2.05, 4.69) is 21.2 Å². The monoisotopic (exact) mass is 277 g/mol. The van der Waals surface area contributed by atoms with Crippen LogP contribution in [0.25, 0.3) is 0 Å². The van der Waals surface area contributed by atoms with Crippen molar-refractivity contribution in [2.75, 3.05) is 0 Å². The molecule has 1 amide bonds. The molecule has 0 unspecified atom stereocenters. The number of halogens is 1. The largest absolute Gasteiger partial charge is 0.413 e. The Hall–Kier alpha value is -0.550. The van der Waals surface area contributed by atoms with Crippen molar-refractivity contribution in [1.82, 2.24) is 5.32 Å². The van der Waals surface area contributed by atoms with E-state index >= 15 is 0 Å². The highest BCUT2D eigenvalue weighted by Gasteiger charge is 2.15. The molecule has 1 aromatic rings. The van der Waals surface area contributed by atoms with Gasteiger partial charge in [0.25, 0.3) is 0 Å². The lowest BCUT2D eigenvalue weighted by Crippen LogP contribution is -2.42. The van der Waals surface area contributed by atoms with E-state index in [9.17, 15) is 4.79 Å². The molecule has 5 heteroatoms. The number of hydrogen-bond donors (Lipinski definition) is 1. The Kier molecular flexibility index (Phi) is 3.55. The SMILES string of the molecule is CC(C)(C)NC(=O)Oc1cc(Br)cs1. The number of amides is 1. The van der Waals surface area contributed by atoms with Gasteiger partial charge in [-0.2, -0.15) is 0 Å². The molecule has 0 saturated heterocycles. The Balaban J connectivity index is 2.50. The van der Waals surface area contributed by atoms with Gasteiger partial charge in [0.15, 0.2) is 5.06 Å². The summed E-state index contributed by atoms with van der Waals surface area (Å²) in [4.78, 5) is 11.3. The number of carbonyl (C=O) groups is 1. The zero-order valence-corrected chi connectivity index (χ0v) is 10.7. The first-order valence-corrected chi connectivity index (χ1v) is 5.78. The molecule has 0 aliphatic rings. The summed E-state index contributed by atoms with van der Waals surface area (Å²) in [7, 11) is 0. The standard InChI is InChI=1S/C9H12BrNO2S/c1-9(2,3)11-8(12)13-7-4-6(10)5-14-7/h4-5H,1-3H3,(H,11,12). The van der Waals surface area contributed by atoms with E-state index in [1.54, 1.807) is 6.07 Å². The van der Waals surface area contributed by atoms with Crippen molar-refractivity contribution < 1.29 is 9.53 Å². The molecule has 0 aliphatic heterocycles. The van der Waals surface area contributed by atoms with Gasteiger partial charge >= 0.3 is 6.09 Å². The third kappa shape index (κ3) is 4.11. The van der Waals surface area contributed by atoms with Crippen LogP contribution in [-0.4, -0.2) is 11.6 Å². The Morgan fingerprint density at radius 2 is 2.21 bits per heavy atom. The fraction of sp³-hybridized carbons (Fsp3) is 0.444. The normalized spacial score (nSPS) is 11.1. The van der Waals surface area contributed by atoms with Crippen molar-refractivity contribution >= 4 is 33.4 Å². The number of nitrogens with one attached hydrogen (secondary N) is 1. The highest BCUT2D eigenvalue weighted by atomic mass is 79.9. The van der Waals surface area contributed by atoms with Gasteiger partial charge in [-0.25, -0.2) is 4.79 Å². The first-order valence-electron chi connectivity index (χ1n) is 4.11. The van der Waals surface area contributed by atoms with Gasteiger partial charge < -0.3 is 10.1 Å². The third-order valence-corrected chi connectivity index (χ3v) is 2.78. The van der Waals surface area contributed by atoms with Crippen molar-refractivity contribution in [1.29, 1.82) is 0 Å². The highest BCUT2D eigenvalue weighted by Crippen LogP contribution is 2.26. The van der Waals surface area contributed by atoms with Crippen molar-refractivity contribution in [2.45, 2.75) is 26.3 Å². The minimum atomic E-state index is -0.424. The molecule has 0 bridgehead atoms. The number of thiophene rings is 1. The molecule has 3 nitrogen and oxygen atoms in total. The van der Waals surface area contributed by atoms with Gasteiger partial charge in [0.1, 0.15) is 0 Å². The minimum Gasteiger partial charge on any atom is -0.399 e. The molecule has 0 radical (unpaired) electrons. The molecule has 78 valence electrons. The molecule has 0 aliphatic carbocycles. The van der Waals surface area contributed by atoms with Crippen LogP contribution in [0.2, 0.25) is 0 Å². The van der Waals surface area contributed by atoms with Crippen molar-refractivity contribution in [3.8, 4) is 5.06 Å². The molecule has 0 saturated carbocycles. The Morgan fingerprint density at radius 1 is 1.57 bits per heavy atom. The molecular weight excluding hydrogens is 266 g/mol. The molecule has 0 spiro atoms. The van der Waals surface area contributed by atoms with E-state index < -0.39 is 6.09 Å². The lowest BCUT2D eigenvalue weighted by molar-refractivity contribution is 0.192. The summed E-state index contributed by atoms with van der Waals surface area (Å²) in [6.07, 6.45) is -0.424. The van der Waals surface area contributed by atoms with Gasteiger partial charge in [-0.1, -0.05) is 0 Å². The Labute approximate surface area is 95.6 Å². The number of ether oxygens (including phenoxy) is 1. The molecule has 1 heterocycles. The molecule has 0 atom stereocenters. The van der Waals surface area contributed by atoms with Crippen LogP contribution in [0.5, 0.6) is 5.06 Å². The lowest BCUT2D eigenvalue weighted by Gasteiger charge is -2.19. The number of rotatable bonds is 1. The Morgan fingerprint density at radius 3 is 2.64 bits per heavy atom. The van der Waals surface area contributed by atoms with Crippen LogP contribution in [0.4, 0.5) is 4.79 Å². The summed E-state index contributed by atoms with van der Waals surface area (Å²) in [5.74, 6) is 0. The van der Waals surface area contributed by atoms with Crippen molar-refractivity contribution in [3.63, 3.8) is 0 Å². The molecule has 0 fully saturated rings. The third-order valence-electron chi connectivity index (χ3n) is 1.21. The maximum absolute atomic E-state index is 11.3. The second-order valence-electron chi connectivity index (χ2n) is 3.85. The fourth-order valence-corrected chi connectivity index (χ4v) is 2.03. The second-order valence-corrected chi connectivity index (χ2v) is 5.64. The maximum atomic E-state index is 11.3. The lowest BCUT2D eigenvalue weighted by atomic mass is 10.1. The van der Waals surface area contributed by atoms with Crippen LogP contribution >= 0.6 is 27.3 Å². The highest BCUT2D eigenvalue weighted by molar-refractivity contribution is 9.10. The molecular formula is C9H12BrNO2S. The average molecular weight is 278 g/mol. The van der Waals surface area contributed by atoms with Gasteiger partial charge in [0, 0.05) is 21.5 Å². The topological polar surface area (TPSA) is 38.3 Å². The van der Waals surface area contributed by atoms with Gasteiger partial charge in [-0.15, -0.1) is 11.3 Å². The predicted molar refractivity (Wildman–Crippen MR) is 60.9 cm³/mol. The number of hydrogen-bond acceptors (Lipinski definition) is 3. The quantitative estimate of drug-likeness (QED) is 0.855. The van der Waals surface area contributed by atoms with E-state index in [0.717, 1.165) is 4.47 Å². The molecule has 1 N–H and O–H groups in total. The second kappa shape index (κ2) is 4.31. The first-order chi connectivity index (χ1) is 6.37. The van der Waals surface area contributed by atoms with E-state index in [1.165, 1.54) is 11.3 Å². The van der Waals surface area contributed by atoms with Gasteiger partial charge in [-0.3, -0.25) is 0 Å². The van der Waals surface area contributed by atoms with Crippen LogP contribution in [0.3, 0.4) is 0 Å². The van der Waals surface area contributed by atoms with E-state index in [0.29, 0.717) is 5.06 Å². The predicted octanol–water partition coefficient (Wildman–Crippen LogP) is 3.40. The van der Waals surface area contributed by atoms with Gasteiger partial charge in [-0.05, 0) is 36.7 Å². The maximum Gasteiger partial charge on any atom is 0.413 e. The zero-order chi connectivity index (χ0) is 10.8. The van der Waals surface area contributed by atoms with Crippen molar-refractivity contribution in [2.24, 2.45) is 0 Å². The van der Waals surface area contributed by atoms with Crippen LogP contribution in [0.1, 0.15) is 20.8 Å².